The molecule has 4 rings (SSSR count). The van der Waals surface area contributed by atoms with Gasteiger partial charge in [0.1, 0.15) is 12.1 Å². The highest BCUT2D eigenvalue weighted by molar-refractivity contribution is 7.99. The van der Waals surface area contributed by atoms with Gasteiger partial charge in [0.2, 0.25) is 11.1 Å². The first-order chi connectivity index (χ1) is 13.7. The van der Waals surface area contributed by atoms with Gasteiger partial charge in [0.15, 0.2) is 0 Å². The van der Waals surface area contributed by atoms with Gasteiger partial charge in [-0.15, -0.1) is 5.10 Å². The summed E-state index contributed by atoms with van der Waals surface area (Å²) >= 11 is 1.38. The highest BCUT2D eigenvalue weighted by Gasteiger charge is 2.29. The molecule has 6 nitrogen and oxygen atoms in total. The molecule has 2 heterocycles. The first kappa shape index (κ1) is 18.6. The molecular weight excluding hydrogens is 372 g/mol. The Morgan fingerprint density at radius 2 is 1.96 bits per heavy atom. The lowest BCUT2D eigenvalue weighted by Gasteiger charge is -2.25. The van der Waals surface area contributed by atoms with Gasteiger partial charge in [-0.25, -0.2) is 9.67 Å². The number of methoxy groups -OCH3 is 1. The van der Waals surface area contributed by atoms with Crippen LogP contribution in [0.2, 0.25) is 0 Å². The summed E-state index contributed by atoms with van der Waals surface area (Å²) in [6, 6.07) is 17.9. The molecule has 1 aliphatic rings. The lowest BCUT2D eigenvalue weighted by Crippen LogP contribution is -2.32. The minimum atomic E-state index is 0.124. The van der Waals surface area contributed by atoms with E-state index in [1.165, 1.54) is 11.8 Å². The largest absolute Gasteiger partial charge is 0.497 e. The first-order valence-corrected chi connectivity index (χ1v) is 10.3. The third kappa shape index (κ3) is 4.04. The van der Waals surface area contributed by atoms with E-state index in [0.717, 1.165) is 36.4 Å². The standard InChI is InChI=1S/C21H22N4O2S/c1-27-18-11-9-16(10-12-18)19-8-5-13-24(19)20(26)14-28-21-22-15-25(23-21)17-6-3-2-4-7-17/h2-4,6-7,9-12,15,19H,5,8,13-14H2,1H3. The van der Waals surface area contributed by atoms with Gasteiger partial charge >= 0.3 is 0 Å². The molecule has 1 atom stereocenters. The molecule has 0 spiro atoms. The maximum atomic E-state index is 12.8. The number of hydrogen-bond acceptors (Lipinski definition) is 5. The van der Waals surface area contributed by atoms with Gasteiger partial charge < -0.3 is 9.64 Å². The van der Waals surface area contributed by atoms with Crippen LogP contribution in [-0.2, 0) is 4.79 Å². The molecule has 1 aliphatic heterocycles. The Morgan fingerprint density at radius 1 is 1.18 bits per heavy atom. The maximum absolute atomic E-state index is 12.8. The second kappa shape index (κ2) is 8.48. The maximum Gasteiger partial charge on any atom is 0.233 e. The highest BCUT2D eigenvalue weighted by atomic mass is 32.2. The molecule has 144 valence electrons. The summed E-state index contributed by atoms with van der Waals surface area (Å²) in [6.45, 7) is 0.794. The third-order valence-corrected chi connectivity index (χ3v) is 5.73. The fourth-order valence-corrected chi connectivity index (χ4v) is 4.15. The van der Waals surface area contributed by atoms with Crippen molar-refractivity contribution in [3.63, 3.8) is 0 Å². The molecule has 0 bridgehead atoms. The number of carbonyl (C=O) groups excluding carboxylic acids is 1. The van der Waals surface area contributed by atoms with Crippen molar-refractivity contribution in [3.05, 3.63) is 66.5 Å². The van der Waals surface area contributed by atoms with Gasteiger partial charge in [0.25, 0.3) is 0 Å². The molecule has 28 heavy (non-hydrogen) atoms. The normalized spacial score (nSPS) is 16.3. The number of ether oxygens (including phenoxy) is 1. The average Bonchev–Trinajstić information content (AvgIpc) is 3.43. The molecular formula is C21H22N4O2S. The molecule has 1 aromatic heterocycles. The highest BCUT2D eigenvalue weighted by Crippen LogP contribution is 2.33. The molecule has 0 N–H and O–H groups in total. The van der Waals surface area contributed by atoms with Crippen LogP contribution in [0.4, 0.5) is 0 Å². The molecule has 0 saturated carbocycles. The molecule has 1 amide bonds. The summed E-state index contributed by atoms with van der Waals surface area (Å²) in [5, 5.41) is 5.07. The fourth-order valence-electron chi connectivity index (χ4n) is 3.47. The van der Waals surface area contributed by atoms with Crippen molar-refractivity contribution in [1.82, 2.24) is 19.7 Å². The van der Waals surface area contributed by atoms with E-state index in [0.29, 0.717) is 10.9 Å². The smallest absolute Gasteiger partial charge is 0.233 e. The van der Waals surface area contributed by atoms with Crippen molar-refractivity contribution >= 4 is 17.7 Å². The zero-order valence-electron chi connectivity index (χ0n) is 15.7. The number of nitrogens with zero attached hydrogens (tertiary/aromatic N) is 4. The first-order valence-electron chi connectivity index (χ1n) is 9.28. The Kier molecular flexibility index (Phi) is 5.62. The van der Waals surface area contributed by atoms with E-state index in [2.05, 4.69) is 10.1 Å². The van der Waals surface area contributed by atoms with Crippen molar-refractivity contribution in [1.29, 1.82) is 0 Å². The molecule has 2 aromatic carbocycles. The van der Waals surface area contributed by atoms with Crippen molar-refractivity contribution in [3.8, 4) is 11.4 Å². The summed E-state index contributed by atoms with van der Waals surface area (Å²) in [7, 11) is 1.66. The molecule has 1 fully saturated rings. The second-order valence-corrected chi connectivity index (χ2v) is 7.56. The van der Waals surface area contributed by atoms with Gasteiger partial charge in [0.05, 0.1) is 24.6 Å². The van der Waals surface area contributed by atoms with E-state index >= 15 is 0 Å². The summed E-state index contributed by atoms with van der Waals surface area (Å²) in [5.74, 6) is 1.29. The zero-order valence-corrected chi connectivity index (χ0v) is 16.5. The van der Waals surface area contributed by atoms with E-state index in [4.69, 9.17) is 4.74 Å². The minimum Gasteiger partial charge on any atom is -0.497 e. The van der Waals surface area contributed by atoms with Crippen LogP contribution in [0.5, 0.6) is 5.75 Å². The molecule has 1 saturated heterocycles. The zero-order chi connectivity index (χ0) is 19.3. The number of para-hydroxylation sites is 1. The molecule has 1 unspecified atom stereocenters. The van der Waals surface area contributed by atoms with Crippen molar-refractivity contribution in [2.45, 2.75) is 24.0 Å². The monoisotopic (exact) mass is 394 g/mol. The number of benzene rings is 2. The van der Waals surface area contributed by atoms with Crippen LogP contribution < -0.4 is 4.74 Å². The van der Waals surface area contributed by atoms with Crippen molar-refractivity contribution < 1.29 is 9.53 Å². The number of thioether (sulfide) groups is 1. The number of likely N-dealkylation sites (tertiary alicyclic amines) is 1. The Morgan fingerprint density at radius 3 is 2.71 bits per heavy atom. The van der Waals surface area contributed by atoms with Gasteiger partial charge in [-0.1, -0.05) is 42.1 Å². The topological polar surface area (TPSA) is 60.2 Å². The molecule has 7 heteroatoms. The SMILES string of the molecule is COc1ccc(C2CCCN2C(=O)CSc2ncn(-c3ccccc3)n2)cc1. The van der Waals surface area contributed by atoms with E-state index in [1.54, 1.807) is 18.1 Å². The Labute approximate surface area is 168 Å². The van der Waals surface area contributed by atoms with E-state index < -0.39 is 0 Å². The predicted molar refractivity (Wildman–Crippen MR) is 109 cm³/mol. The van der Waals surface area contributed by atoms with Crippen LogP contribution in [0.25, 0.3) is 5.69 Å². The predicted octanol–water partition coefficient (Wildman–Crippen LogP) is 3.73. The number of aromatic nitrogens is 3. The summed E-state index contributed by atoms with van der Waals surface area (Å²) in [5.41, 5.74) is 2.11. The molecule has 3 aromatic rings. The van der Waals surface area contributed by atoms with Crippen LogP contribution in [0.15, 0.2) is 66.1 Å². The lowest BCUT2D eigenvalue weighted by molar-refractivity contribution is -0.129. The van der Waals surface area contributed by atoms with Crippen molar-refractivity contribution in [2.75, 3.05) is 19.4 Å². The Hall–Kier alpha value is -2.80. The lowest BCUT2D eigenvalue weighted by atomic mass is 10.0. The quantitative estimate of drug-likeness (QED) is 0.596. The average molecular weight is 395 g/mol. The van der Waals surface area contributed by atoms with Crippen LogP contribution in [0.1, 0.15) is 24.4 Å². The van der Waals surface area contributed by atoms with Crippen LogP contribution in [-0.4, -0.2) is 45.0 Å². The summed E-state index contributed by atoms with van der Waals surface area (Å²) < 4.78 is 6.95. The summed E-state index contributed by atoms with van der Waals surface area (Å²) in [6.07, 6.45) is 3.69. The van der Waals surface area contributed by atoms with Crippen LogP contribution in [0, 0.1) is 0 Å². The van der Waals surface area contributed by atoms with Crippen LogP contribution in [0.3, 0.4) is 0 Å². The van der Waals surface area contributed by atoms with Gasteiger partial charge in [0, 0.05) is 6.54 Å². The van der Waals surface area contributed by atoms with E-state index in [-0.39, 0.29) is 11.9 Å². The van der Waals surface area contributed by atoms with Crippen LogP contribution >= 0.6 is 11.8 Å². The second-order valence-electron chi connectivity index (χ2n) is 6.61. The van der Waals surface area contributed by atoms with Gasteiger partial charge in [-0.2, -0.15) is 0 Å². The third-order valence-electron chi connectivity index (χ3n) is 4.89. The van der Waals surface area contributed by atoms with E-state index in [1.807, 2.05) is 59.5 Å². The number of carbonyl (C=O) groups is 1. The fraction of sp³-hybridized carbons (Fsp3) is 0.286. The Bertz CT molecular complexity index is 927. The Balaban J connectivity index is 1.38. The number of hydrogen-bond donors (Lipinski definition) is 0. The minimum absolute atomic E-state index is 0.124. The molecule has 0 aliphatic carbocycles. The van der Waals surface area contributed by atoms with Gasteiger partial charge in [-0.05, 0) is 42.7 Å². The molecule has 0 radical (unpaired) electrons. The number of rotatable bonds is 6. The number of amides is 1. The van der Waals surface area contributed by atoms with Gasteiger partial charge in [-0.3, -0.25) is 4.79 Å². The summed E-state index contributed by atoms with van der Waals surface area (Å²) in [4.78, 5) is 19.1. The van der Waals surface area contributed by atoms with E-state index in [9.17, 15) is 4.79 Å². The van der Waals surface area contributed by atoms with Crippen molar-refractivity contribution in [2.24, 2.45) is 0 Å².